The summed E-state index contributed by atoms with van der Waals surface area (Å²) in [7, 11) is 1.53. The predicted octanol–water partition coefficient (Wildman–Crippen LogP) is 3.06. The van der Waals surface area contributed by atoms with Gasteiger partial charge in [-0.2, -0.15) is 5.10 Å². The Bertz CT molecular complexity index is 788. The fourth-order valence-electron chi connectivity index (χ4n) is 2.21. The largest absolute Gasteiger partial charge is 0.493 e. The molecule has 1 aromatic heterocycles. The summed E-state index contributed by atoms with van der Waals surface area (Å²) in [4.78, 5) is 12.4. The molecule has 24 heavy (non-hydrogen) atoms. The zero-order valence-electron chi connectivity index (χ0n) is 13.7. The zero-order chi connectivity index (χ0) is 17.7. The summed E-state index contributed by atoms with van der Waals surface area (Å²) in [5.74, 6) is 1.50. The Morgan fingerprint density at radius 1 is 1.46 bits per heavy atom. The minimum Gasteiger partial charge on any atom is -0.493 e. The van der Waals surface area contributed by atoms with Crippen molar-refractivity contribution in [3.05, 3.63) is 32.8 Å². The van der Waals surface area contributed by atoms with Gasteiger partial charge < -0.3 is 19.4 Å². The van der Waals surface area contributed by atoms with Crippen LogP contribution in [0.5, 0.6) is 11.5 Å². The molecular weight excluding hydrogens is 396 g/mol. The van der Waals surface area contributed by atoms with E-state index in [9.17, 15) is 4.79 Å². The number of halogens is 1. The van der Waals surface area contributed by atoms with Gasteiger partial charge in [0.2, 0.25) is 0 Å². The molecule has 1 aromatic carbocycles. The lowest BCUT2D eigenvalue weighted by Gasteiger charge is -2.13. The summed E-state index contributed by atoms with van der Waals surface area (Å²) in [6, 6.07) is 3.34. The molecule has 2 rings (SSSR count). The van der Waals surface area contributed by atoms with Gasteiger partial charge in [0.15, 0.2) is 22.1 Å². The first-order chi connectivity index (χ1) is 11.5. The molecule has 0 saturated carbocycles. The lowest BCUT2D eigenvalue weighted by atomic mass is 10.2. The normalized spacial score (nSPS) is 10.5. The van der Waals surface area contributed by atoms with Crippen molar-refractivity contribution in [2.75, 3.05) is 13.7 Å². The Labute approximate surface area is 153 Å². The van der Waals surface area contributed by atoms with Crippen molar-refractivity contribution in [1.29, 1.82) is 0 Å². The molecule has 9 heteroatoms. The maximum absolute atomic E-state index is 12.4. The molecule has 0 spiro atoms. The molecule has 0 atom stereocenters. The average Bonchev–Trinajstić information content (AvgIpc) is 2.94. The minimum atomic E-state index is -0.242. The number of methoxy groups -OCH3 is 1. The lowest BCUT2D eigenvalue weighted by Crippen LogP contribution is -2.25. The quantitative estimate of drug-likeness (QED) is 0.680. The number of benzene rings is 1. The topological polar surface area (TPSA) is 81.2 Å². The predicted molar refractivity (Wildman–Crippen MR) is 96.1 cm³/mol. The summed E-state index contributed by atoms with van der Waals surface area (Å²) in [6.07, 6.45) is 0. The van der Waals surface area contributed by atoms with Crippen molar-refractivity contribution in [2.24, 2.45) is 0 Å². The van der Waals surface area contributed by atoms with E-state index in [1.165, 1.54) is 7.11 Å². The van der Waals surface area contributed by atoms with Crippen molar-refractivity contribution >= 4 is 34.1 Å². The second-order valence-electron chi connectivity index (χ2n) is 4.79. The number of hydrogen-bond donors (Lipinski definition) is 2. The maximum atomic E-state index is 12.4. The number of hydrogen-bond acceptors (Lipinski definition) is 5. The van der Waals surface area contributed by atoms with Gasteiger partial charge in [-0.05, 0) is 54.1 Å². The van der Waals surface area contributed by atoms with Crippen molar-refractivity contribution in [2.45, 2.75) is 26.9 Å². The molecule has 0 aliphatic carbocycles. The van der Waals surface area contributed by atoms with Gasteiger partial charge >= 0.3 is 0 Å². The molecule has 0 radical (unpaired) electrons. The second-order valence-corrected chi connectivity index (χ2v) is 6.04. The molecule has 0 bridgehead atoms. The van der Waals surface area contributed by atoms with E-state index in [2.05, 4.69) is 31.4 Å². The van der Waals surface area contributed by atoms with Crippen LogP contribution in [0.3, 0.4) is 0 Å². The molecule has 1 heterocycles. The molecule has 0 aliphatic rings. The van der Waals surface area contributed by atoms with E-state index in [0.29, 0.717) is 45.3 Å². The molecule has 7 nitrogen and oxygen atoms in total. The maximum Gasteiger partial charge on any atom is 0.251 e. The second kappa shape index (κ2) is 8.29. The smallest absolute Gasteiger partial charge is 0.251 e. The summed E-state index contributed by atoms with van der Waals surface area (Å²) in [5, 5.41) is 9.67. The van der Waals surface area contributed by atoms with Crippen molar-refractivity contribution in [3.8, 4) is 11.5 Å². The highest BCUT2D eigenvalue weighted by Gasteiger charge is 2.16. The van der Waals surface area contributed by atoms with E-state index < -0.39 is 0 Å². The summed E-state index contributed by atoms with van der Waals surface area (Å²) >= 11 is 8.54. The number of carbonyl (C=O) groups excluding carboxylic acids is 1. The number of nitrogens with one attached hydrogen (secondary N) is 2. The standard InChI is InChI=1S/C15H19BrN4O3S/c1-4-20-12(18-19-15(20)24)8-17-14(21)9-6-10(16)13(23-5-2)11(7-9)22-3/h6-7H,4-5,8H2,1-3H3,(H,17,21)(H,19,24). The van der Waals surface area contributed by atoms with Crippen LogP contribution in [-0.2, 0) is 13.1 Å². The molecule has 1 amide bonds. The molecule has 130 valence electrons. The van der Waals surface area contributed by atoms with Crippen LogP contribution in [0.4, 0.5) is 0 Å². The zero-order valence-corrected chi connectivity index (χ0v) is 16.1. The molecule has 2 aromatic rings. The third-order valence-corrected chi connectivity index (χ3v) is 4.24. The van der Waals surface area contributed by atoms with E-state index in [-0.39, 0.29) is 12.5 Å². The Morgan fingerprint density at radius 3 is 2.83 bits per heavy atom. The average molecular weight is 415 g/mol. The summed E-state index contributed by atoms with van der Waals surface area (Å²) in [6.45, 7) is 5.30. The van der Waals surface area contributed by atoms with E-state index in [4.69, 9.17) is 21.7 Å². The number of rotatable bonds is 7. The van der Waals surface area contributed by atoms with Gasteiger partial charge in [0.05, 0.1) is 24.7 Å². The number of aromatic nitrogens is 3. The third-order valence-electron chi connectivity index (χ3n) is 3.34. The van der Waals surface area contributed by atoms with Gasteiger partial charge in [-0.3, -0.25) is 9.89 Å². The fourth-order valence-corrected chi connectivity index (χ4v) is 3.04. The fraction of sp³-hybridized carbons (Fsp3) is 0.400. The Hall–Kier alpha value is -1.87. The monoisotopic (exact) mass is 414 g/mol. The Balaban J connectivity index is 2.17. The Kier molecular flexibility index (Phi) is 6.38. The number of amides is 1. The molecule has 2 N–H and O–H groups in total. The van der Waals surface area contributed by atoms with Crippen LogP contribution in [0.25, 0.3) is 0 Å². The van der Waals surface area contributed by atoms with E-state index in [1.807, 2.05) is 18.4 Å². The van der Waals surface area contributed by atoms with Crippen LogP contribution in [0.2, 0.25) is 0 Å². The van der Waals surface area contributed by atoms with Gasteiger partial charge in [0.25, 0.3) is 5.91 Å². The van der Waals surface area contributed by atoms with Gasteiger partial charge in [0.1, 0.15) is 0 Å². The van der Waals surface area contributed by atoms with Crippen LogP contribution in [0.15, 0.2) is 16.6 Å². The molecule has 0 fully saturated rings. The Morgan fingerprint density at radius 2 is 2.21 bits per heavy atom. The van der Waals surface area contributed by atoms with E-state index in [1.54, 1.807) is 12.1 Å². The first-order valence-electron chi connectivity index (χ1n) is 7.44. The highest BCUT2D eigenvalue weighted by molar-refractivity contribution is 9.10. The highest BCUT2D eigenvalue weighted by atomic mass is 79.9. The summed E-state index contributed by atoms with van der Waals surface area (Å²) in [5.41, 5.74) is 0.458. The van der Waals surface area contributed by atoms with Crippen molar-refractivity contribution < 1.29 is 14.3 Å². The molecule has 0 aliphatic heterocycles. The van der Waals surface area contributed by atoms with Crippen LogP contribution in [0.1, 0.15) is 30.0 Å². The van der Waals surface area contributed by atoms with Crippen molar-refractivity contribution in [3.63, 3.8) is 0 Å². The minimum absolute atomic E-state index is 0.242. The van der Waals surface area contributed by atoms with Crippen LogP contribution >= 0.6 is 28.1 Å². The first-order valence-corrected chi connectivity index (χ1v) is 8.64. The summed E-state index contributed by atoms with van der Waals surface area (Å²) < 4.78 is 13.8. The highest BCUT2D eigenvalue weighted by Crippen LogP contribution is 2.36. The first kappa shape index (κ1) is 18.5. The van der Waals surface area contributed by atoms with Crippen LogP contribution in [-0.4, -0.2) is 34.4 Å². The van der Waals surface area contributed by atoms with Gasteiger partial charge in [0, 0.05) is 12.1 Å². The lowest BCUT2D eigenvalue weighted by molar-refractivity contribution is 0.0949. The van der Waals surface area contributed by atoms with Gasteiger partial charge in [-0.25, -0.2) is 0 Å². The number of ether oxygens (including phenoxy) is 2. The van der Waals surface area contributed by atoms with Gasteiger partial charge in [-0.15, -0.1) is 0 Å². The number of H-pyrrole nitrogens is 1. The van der Waals surface area contributed by atoms with E-state index >= 15 is 0 Å². The molecule has 0 saturated heterocycles. The molecular formula is C15H19BrN4O3S. The molecule has 0 unspecified atom stereocenters. The number of aromatic amines is 1. The van der Waals surface area contributed by atoms with Gasteiger partial charge in [-0.1, -0.05) is 0 Å². The van der Waals surface area contributed by atoms with E-state index in [0.717, 1.165) is 0 Å². The van der Waals surface area contributed by atoms with Crippen LogP contribution in [0, 0.1) is 4.77 Å². The number of nitrogens with zero attached hydrogens (tertiary/aromatic N) is 2. The number of carbonyl (C=O) groups is 1. The van der Waals surface area contributed by atoms with Crippen LogP contribution < -0.4 is 14.8 Å². The third kappa shape index (κ3) is 3.96. The van der Waals surface area contributed by atoms with Crippen molar-refractivity contribution in [1.82, 2.24) is 20.1 Å². The SMILES string of the molecule is CCOc1c(Br)cc(C(=O)NCc2n[nH]c(=S)n2CC)cc1OC.